The predicted molar refractivity (Wildman–Crippen MR) is 166 cm³/mol. The van der Waals surface area contributed by atoms with Crippen LogP contribution in [0.4, 0.5) is 0 Å². The van der Waals surface area contributed by atoms with E-state index in [1.54, 1.807) is 0 Å². The zero-order valence-electron chi connectivity index (χ0n) is 25.4. The Balaban J connectivity index is 1.39. The molecule has 2 fully saturated rings. The summed E-state index contributed by atoms with van der Waals surface area (Å²) < 4.78 is 0. The van der Waals surface area contributed by atoms with Crippen molar-refractivity contribution in [2.45, 2.75) is 26.2 Å². The van der Waals surface area contributed by atoms with Gasteiger partial charge in [0.05, 0.1) is 26.2 Å². The van der Waals surface area contributed by atoms with Crippen LogP contribution < -0.4 is 21.3 Å². The average Bonchev–Trinajstić information content (AvgIpc) is 2.97. The highest BCUT2D eigenvalue weighted by molar-refractivity contribution is 5.82. The van der Waals surface area contributed by atoms with E-state index in [2.05, 4.69) is 55.3 Å². The van der Waals surface area contributed by atoms with Crippen molar-refractivity contribution in [3.63, 3.8) is 0 Å². The molecule has 0 aliphatic carbocycles. The maximum Gasteiger partial charge on any atom is 0.234 e. The monoisotopic (exact) mass is 604 g/mol. The van der Waals surface area contributed by atoms with Crippen molar-refractivity contribution in [3.8, 4) is 0 Å². The fourth-order valence-corrected chi connectivity index (χ4v) is 5.86. The Morgan fingerprint density at radius 1 is 0.341 bits per heavy atom. The van der Waals surface area contributed by atoms with Crippen LogP contribution in [-0.2, 0) is 45.4 Å². The SMILES string of the molecule is O=C1CN2CC(=O)NCCN(CCN1)Cc1ccc(cc1)CN1CCNC(=O)CN(CC(=O)NCC1)Cc1ccc(cc1)C2. The molecular weight excluding hydrogens is 560 g/mol. The molecule has 12 heteroatoms. The summed E-state index contributed by atoms with van der Waals surface area (Å²) in [6, 6.07) is 16.4. The molecule has 2 aromatic rings. The van der Waals surface area contributed by atoms with Crippen molar-refractivity contribution in [1.29, 1.82) is 0 Å². The van der Waals surface area contributed by atoms with Crippen molar-refractivity contribution in [2.24, 2.45) is 0 Å². The molecule has 12 aliphatic rings. The van der Waals surface area contributed by atoms with E-state index in [9.17, 15) is 19.2 Å². The summed E-state index contributed by atoms with van der Waals surface area (Å²) in [5.41, 5.74) is 4.23. The average molecular weight is 605 g/mol. The second-order valence-electron chi connectivity index (χ2n) is 11.9. The third-order valence-corrected chi connectivity index (χ3v) is 8.14. The third kappa shape index (κ3) is 10.1. The quantitative estimate of drug-likeness (QED) is 0.305. The smallest absolute Gasteiger partial charge is 0.234 e. The van der Waals surface area contributed by atoms with Crippen molar-refractivity contribution in [3.05, 3.63) is 70.8 Å². The molecule has 0 aromatic heterocycles. The van der Waals surface area contributed by atoms with Crippen LogP contribution in [0.2, 0.25) is 0 Å². The molecule has 0 saturated carbocycles. The van der Waals surface area contributed by atoms with E-state index in [1.807, 2.05) is 34.1 Å². The van der Waals surface area contributed by atoms with Crippen molar-refractivity contribution >= 4 is 23.6 Å². The Hall–Kier alpha value is -3.84. The molecule has 12 aliphatic heterocycles. The molecule has 2 saturated heterocycles. The second-order valence-corrected chi connectivity index (χ2v) is 11.9. The van der Waals surface area contributed by atoms with Crippen LogP contribution in [0.25, 0.3) is 0 Å². The van der Waals surface area contributed by atoms with Gasteiger partial charge in [0, 0.05) is 78.5 Å². The number of nitrogens with one attached hydrogen (secondary N) is 4. The number of nitrogens with zero attached hydrogens (tertiary/aromatic N) is 4. The van der Waals surface area contributed by atoms with Gasteiger partial charge in [-0.2, -0.15) is 0 Å². The highest BCUT2D eigenvalue weighted by Crippen LogP contribution is 2.12. The fraction of sp³-hybridized carbons (Fsp3) is 0.500. The lowest BCUT2D eigenvalue weighted by atomic mass is 10.1. The lowest BCUT2D eigenvalue weighted by molar-refractivity contribution is -0.127. The number of carbonyl (C=O) groups excluding carboxylic acids is 4. The van der Waals surface area contributed by atoms with Crippen LogP contribution in [0.15, 0.2) is 48.5 Å². The van der Waals surface area contributed by atoms with Gasteiger partial charge in [-0.25, -0.2) is 0 Å². The van der Waals surface area contributed by atoms with E-state index in [-0.39, 0.29) is 49.8 Å². The normalized spacial score (nSPS) is 26.5. The summed E-state index contributed by atoms with van der Waals surface area (Å²) in [4.78, 5) is 59.5. The van der Waals surface area contributed by atoms with E-state index in [4.69, 9.17) is 0 Å². The van der Waals surface area contributed by atoms with E-state index >= 15 is 0 Å². The molecule has 12 heterocycles. The van der Waals surface area contributed by atoms with Crippen LogP contribution in [0.1, 0.15) is 22.3 Å². The van der Waals surface area contributed by atoms with Gasteiger partial charge >= 0.3 is 0 Å². The maximum absolute atomic E-state index is 12.8. The zero-order chi connectivity index (χ0) is 30.7. The van der Waals surface area contributed by atoms with Crippen molar-refractivity contribution < 1.29 is 19.2 Å². The first-order valence-corrected chi connectivity index (χ1v) is 15.5. The number of benzene rings is 2. The van der Waals surface area contributed by atoms with Gasteiger partial charge in [0.2, 0.25) is 23.6 Å². The van der Waals surface area contributed by atoms with Gasteiger partial charge in [0.15, 0.2) is 0 Å². The van der Waals surface area contributed by atoms with E-state index in [0.717, 1.165) is 22.3 Å². The molecule has 0 spiro atoms. The van der Waals surface area contributed by atoms with Gasteiger partial charge in [-0.05, 0) is 22.3 Å². The van der Waals surface area contributed by atoms with Crippen molar-refractivity contribution in [1.82, 2.24) is 40.9 Å². The minimum absolute atomic E-state index is 0.112. The molecule has 14 rings (SSSR count). The molecular formula is C32H44N8O4. The summed E-state index contributed by atoms with van der Waals surface area (Å²) in [6.45, 7) is 7.58. The Bertz CT molecular complexity index is 1140. The fourth-order valence-electron chi connectivity index (χ4n) is 5.86. The molecule has 0 radical (unpaired) electrons. The molecule has 44 heavy (non-hydrogen) atoms. The summed E-state index contributed by atoms with van der Waals surface area (Å²) in [7, 11) is 0. The molecule has 4 N–H and O–H groups in total. The van der Waals surface area contributed by atoms with E-state index < -0.39 is 0 Å². The molecule has 0 unspecified atom stereocenters. The first kappa shape index (κ1) is 31.6. The molecule has 4 amide bonds. The standard InChI is InChI=1S/C32H44N8O4/c41-29-21-39-19-27-5-7-28(8-6-27)20-40-23-31(43)35-11-15-38(16-12-36-32(44)24-40)18-26-2-1-25(3-4-26)17-37(13-9-33-29)14-10-34-30(42)22-39/h1-8H,9-24H2,(H,33,41)(H,34,42)(H,35,43)(H,36,44). The molecule has 0 atom stereocenters. The summed E-state index contributed by atoms with van der Waals surface area (Å²) in [5.74, 6) is -0.448. The topological polar surface area (TPSA) is 129 Å². The van der Waals surface area contributed by atoms with Gasteiger partial charge < -0.3 is 21.3 Å². The van der Waals surface area contributed by atoms with Crippen LogP contribution in [0.5, 0.6) is 0 Å². The number of hydrogen-bond donors (Lipinski definition) is 4. The van der Waals surface area contributed by atoms with E-state index in [0.29, 0.717) is 78.5 Å². The van der Waals surface area contributed by atoms with Gasteiger partial charge in [-0.15, -0.1) is 0 Å². The molecule has 12 nitrogen and oxygen atoms in total. The Morgan fingerprint density at radius 2 is 0.568 bits per heavy atom. The minimum atomic E-state index is -0.112. The lowest BCUT2D eigenvalue weighted by Gasteiger charge is -2.27. The third-order valence-electron chi connectivity index (χ3n) is 8.14. The summed E-state index contributed by atoms with van der Waals surface area (Å²) in [5, 5.41) is 12.1. The highest BCUT2D eigenvalue weighted by atomic mass is 16.2. The first-order valence-electron chi connectivity index (χ1n) is 15.5. The van der Waals surface area contributed by atoms with Crippen LogP contribution >= 0.6 is 0 Å². The van der Waals surface area contributed by atoms with E-state index in [1.165, 1.54) is 0 Å². The van der Waals surface area contributed by atoms with Crippen LogP contribution in [0.3, 0.4) is 0 Å². The van der Waals surface area contributed by atoms with Gasteiger partial charge in [0.25, 0.3) is 0 Å². The van der Waals surface area contributed by atoms with Crippen LogP contribution in [-0.4, -0.2) is 122 Å². The summed E-state index contributed by atoms with van der Waals surface area (Å²) >= 11 is 0. The zero-order valence-corrected chi connectivity index (χ0v) is 25.4. The lowest BCUT2D eigenvalue weighted by Crippen LogP contribution is -2.47. The van der Waals surface area contributed by atoms with Gasteiger partial charge in [-0.1, -0.05) is 48.5 Å². The first-order chi connectivity index (χ1) is 21.4. The Labute approximate surface area is 259 Å². The number of amides is 4. The van der Waals surface area contributed by atoms with Crippen LogP contribution in [0, 0.1) is 0 Å². The largest absolute Gasteiger partial charge is 0.354 e. The maximum atomic E-state index is 12.8. The van der Waals surface area contributed by atoms with Gasteiger partial charge in [0.1, 0.15) is 0 Å². The Morgan fingerprint density at radius 3 is 0.818 bits per heavy atom. The molecule has 8 bridgehead atoms. The number of rotatable bonds is 0. The second kappa shape index (κ2) is 15.8. The molecule has 236 valence electrons. The number of hydrogen-bond acceptors (Lipinski definition) is 8. The summed E-state index contributed by atoms with van der Waals surface area (Å²) in [6.07, 6.45) is 0. The minimum Gasteiger partial charge on any atom is -0.354 e. The van der Waals surface area contributed by atoms with Crippen molar-refractivity contribution in [2.75, 3.05) is 78.5 Å². The predicted octanol–water partition coefficient (Wildman–Crippen LogP) is -0.900. The number of carbonyl (C=O) groups is 4. The Kier molecular flexibility index (Phi) is 11.3. The van der Waals surface area contributed by atoms with Gasteiger partial charge in [-0.3, -0.25) is 38.8 Å². The highest BCUT2D eigenvalue weighted by Gasteiger charge is 2.20. The molecule has 2 aromatic carbocycles.